The highest BCUT2D eigenvalue weighted by molar-refractivity contribution is 9.10. The largest absolute Gasteiger partial charge is 0.287 e. The van der Waals surface area contributed by atoms with Gasteiger partial charge in [0.2, 0.25) is 5.78 Å². The second-order valence-electron chi connectivity index (χ2n) is 3.40. The highest BCUT2D eigenvalue weighted by atomic mass is 79.9. The third-order valence-electron chi connectivity index (χ3n) is 2.31. The first-order valence-corrected chi connectivity index (χ1v) is 5.85. The Bertz CT molecular complexity index is 578. The molecule has 1 aromatic carbocycles. The van der Waals surface area contributed by atoms with Crippen molar-refractivity contribution in [2.75, 3.05) is 0 Å². The summed E-state index contributed by atoms with van der Waals surface area (Å²) in [4.78, 5) is 12.2. The zero-order chi connectivity index (χ0) is 12.6. The Morgan fingerprint density at radius 2 is 2.24 bits per heavy atom. The molecule has 1 aromatic heterocycles. The number of carbonyl (C=O) groups excluding carboxylic acids is 1. The van der Waals surface area contributed by atoms with E-state index in [1.54, 1.807) is 7.05 Å². The normalized spacial score (nSPS) is 10.6. The fourth-order valence-corrected chi connectivity index (χ4v) is 2.21. The highest BCUT2D eigenvalue weighted by Gasteiger charge is 2.20. The fraction of sp³-hybridized carbons (Fsp3) is 0.0909. The van der Waals surface area contributed by atoms with E-state index >= 15 is 0 Å². The number of halogens is 3. The van der Waals surface area contributed by atoms with Crippen LogP contribution in [0.5, 0.6) is 0 Å². The zero-order valence-electron chi connectivity index (χ0n) is 8.75. The number of aromatic nitrogens is 2. The van der Waals surface area contributed by atoms with Crippen LogP contribution >= 0.6 is 27.5 Å². The Kier molecular flexibility index (Phi) is 3.31. The molecule has 0 aliphatic heterocycles. The molecule has 0 amide bonds. The van der Waals surface area contributed by atoms with Crippen LogP contribution in [0.4, 0.5) is 4.39 Å². The number of nitrogens with zero attached hydrogens (tertiary/aromatic N) is 2. The van der Waals surface area contributed by atoms with E-state index in [1.165, 1.54) is 29.1 Å². The molecule has 0 saturated carbocycles. The summed E-state index contributed by atoms with van der Waals surface area (Å²) in [5, 5.41) is 3.75. The molecule has 0 spiro atoms. The topological polar surface area (TPSA) is 34.9 Å². The first-order valence-electron chi connectivity index (χ1n) is 4.68. The molecule has 0 fully saturated rings. The number of carbonyl (C=O) groups is 1. The average molecular weight is 318 g/mol. The summed E-state index contributed by atoms with van der Waals surface area (Å²) in [6, 6.07) is 4.13. The van der Waals surface area contributed by atoms with E-state index in [1.807, 2.05) is 0 Å². The van der Waals surface area contributed by atoms with E-state index < -0.39 is 5.82 Å². The van der Waals surface area contributed by atoms with Gasteiger partial charge in [-0.25, -0.2) is 4.39 Å². The van der Waals surface area contributed by atoms with Crippen molar-refractivity contribution >= 4 is 33.3 Å². The van der Waals surface area contributed by atoms with Crippen LogP contribution in [0.1, 0.15) is 16.1 Å². The molecule has 0 aliphatic rings. The average Bonchev–Trinajstić information content (AvgIpc) is 2.62. The lowest BCUT2D eigenvalue weighted by atomic mass is 10.1. The van der Waals surface area contributed by atoms with Crippen molar-refractivity contribution in [3.05, 3.63) is 51.0 Å². The molecule has 88 valence electrons. The van der Waals surface area contributed by atoms with Gasteiger partial charge in [-0.3, -0.25) is 9.48 Å². The van der Waals surface area contributed by atoms with E-state index in [0.29, 0.717) is 10.2 Å². The lowest BCUT2D eigenvalue weighted by Gasteiger charge is -2.05. The van der Waals surface area contributed by atoms with Gasteiger partial charge in [-0.2, -0.15) is 5.10 Å². The molecule has 6 heteroatoms. The number of hydrogen-bond acceptors (Lipinski definition) is 2. The van der Waals surface area contributed by atoms with Crippen molar-refractivity contribution in [1.29, 1.82) is 0 Å². The van der Waals surface area contributed by atoms with Gasteiger partial charge in [-0.1, -0.05) is 17.7 Å². The molecule has 2 aromatic rings. The van der Waals surface area contributed by atoms with Gasteiger partial charge in [0.15, 0.2) is 0 Å². The Morgan fingerprint density at radius 1 is 1.53 bits per heavy atom. The van der Waals surface area contributed by atoms with Crippen molar-refractivity contribution in [1.82, 2.24) is 9.78 Å². The Balaban J connectivity index is 2.55. The van der Waals surface area contributed by atoms with Gasteiger partial charge < -0.3 is 0 Å². The first kappa shape index (κ1) is 12.3. The molecule has 0 unspecified atom stereocenters. The van der Waals surface area contributed by atoms with Crippen molar-refractivity contribution in [3.63, 3.8) is 0 Å². The quantitative estimate of drug-likeness (QED) is 0.797. The van der Waals surface area contributed by atoms with E-state index in [0.717, 1.165) is 0 Å². The minimum absolute atomic E-state index is 0.121. The predicted octanol–water partition coefficient (Wildman–Crippen LogP) is 3.21. The van der Waals surface area contributed by atoms with Gasteiger partial charge in [0.25, 0.3) is 0 Å². The van der Waals surface area contributed by atoms with Crippen molar-refractivity contribution in [2.24, 2.45) is 7.05 Å². The highest BCUT2D eigenvalue weighted by Crippen LogP contribution is 2.25. The summed E-state index contributed by atoms with van der Waals surface area (Å²) >= 11 is 8.99. The summed E-state index contributed by atoms with van der Waals surface area (Å²) in [7, 11) is 1.63. The summed E-state index contributed by atoms with van der Waals surface area (Å²) in [6.45, 7) is 0. The monoisotopic (exact) mass is 316 g/mol. The predicted molar refractivity (Wildman–Crippen MR) is 65.8 cm³/mol. The summed E-state index contributed by atoms with van der Waals surface area (Å²) < 4.78 is 15.2. The molecule has 0 aliphatic carbocycles. The molecular formula is C11H7BrClFN2O. The van der Waals surface area contributed by atoms with Crippen LogP contribution in [0, 0.1) is 5.82 Å². The molecule has 0 saturated heterocycles. The SMILES string of the molecule is Cn1ncc(Br)c1C(=O)c1cccc(F)c1Cl. The van der Waals surface area contributed by atoms with Gasteiger partial charge in [-0.05, 0) is 28.1 Å². The molecule has 0 N–H and O–H groups in total. The van der Waals surface area contributed by atoms with Crippen LogP contribution in [-0.4, -0.2) is 15.6 Å². The van der Waals surface area contributed by atoms with Crippen molar-refractivity contribution in [2.45, 2.75) is 0 Å². The van der Waals surface area contributed by atoms with E-state index in [9.17, 15) is 9.18 Å². The third-order valence-corrected chi connectivity index (χ3v) is 3.27. The Hall–Kier alpha value is -1.20. The number of benzene rings is 1. The number of ketones is 1. The van der Waals surface area contributed by atoms with Crippen LogP contribution in [0.2, 0.25) is 5.02 Å². The second kappa shape index (κ2) is 4.58. The van der Waals surface area contributed by atoms with Gasteiger partial charge in [0.05, 0.1) is 15.7 Å². The number of aryl methyl sites for hydroxylation is 1. The second-order valence-corrected chi connectivity index (χ2v) is 4.63. The molecular weight excluding hydrogens is 310 g/mol. The van der Waals surface area contributed by atoms with Gasteiger partial charge in [0.1, 0.15) is 11.5 Å². The fourth-order valence-electron chi connectivity index (χ4n) is 1.47. The number of rotatable bonds is 2. The molecule has 0 radical (unpaired) electrons. The molecule has 0 bridgehead atoms. The zero-order valence-corrected chi connectivity index (χ0v) is 11.1. The Labute approximate surface area is 110 Å². The summed E-state index contributed by atoms with van der Waals surface area (Å²) in [5.41, 5.74) is 0.452. The minimum atomic E-state index is -0.615. The van der Waals surface area contributed by atoms with Crippen LogP contribution in [0.3, 0.4) is 0 Å². The summed E-state index contributed by atoms with van der Waals surface area (Å²) in [5.74, 6) is -0.989. The lowest BCUT2D eigenvalue weighted by Crippen LogP contribution is -2.10. The smallest absolute Gasteiger partial charge is 0.213 e. The van der Waals surface area contributed by atoms with Crippen molar-refractivity contribution < 1.29 is 9.18 Å². The van der Waals surface area contributed by atoms with Crippen LogP contribution in [-0.2, 0) is 7.05 Å². The van der Waals surface area contributed by atoms with Gasteiger partial charge in [0, 0.05) is 12.6 Å². The molecule has 2 rings (SSSR count). The minimum Gasteiger partial charge on any atom is -0.287 e. The Morgan fingerprint density at radius 3 is 2.82 bits per heavy atom. The van der Waals surface area contributed by atoms with Crippen LogP contribution in [0.25, 0.3) is 0 Å². The van der Waals surface area contributed by atoms with E-state index in [2.05, 4.69) is 21.0 Å². The van der Waals surface area contributed by atoms with Crippen LogP contribution in [0.15, 0.2) is 28.9 Å². The van der Waals surface area contributed by atoms with Gasteiger partial charge >= 0.3 is 0 Å². The van der Waals surface area contributed by atoms with E-state index in [-0.39, 0.29) is 16.4 Å². The van der Waals surface area contributed by atoms with E-state index in [4.69, 9.17) is 11.6 Å². The van der Waals surface area contributed by atoms with Gasteiger partial charge in [-0.15, -0.1) is 0 Å². The van der Waals surface area contributed by atoms with Crippen LogP contribution < -0.4 is 0 Å². The lowest BCUT2D eigenvalue weighted by molar-refractivity contribution is 0.102. The standard InChI is InChI=1S/C11H7BrClFN2O/c1-16-10(7(12)5-15-16)11(17)6-3-2-4-8(14)9(6)13/h2-5H,1H3. The van der Waals surface area contributed by atoms with Crippen molar-refractivity contribution in [3.8, 4) is 0 Å². The maximum absolute atomic E-state index is 13.3. The summed E-state index contributed by atoms with van der Waals surface area (Å²) in [6.07, 6.45) is 1.50. The maximum Gasteiger partial charge on any atom is 0.213 e. The molecule has 3 nitrogen and oxygen atoms in total. The first-order chi connectivity index (χ1) is 8.02. The molecule has 17 heavy (non-hydrogen) atoms. The number of hydrogen-bond donors (Lipinski definition) is 0. The molecule has 1 heterocycles. The third kappa shape index (κ3) is 2.12. The maximum atomic E-state index is 13.3. The molecule has 0 atom stereocenters.